The van der Waals surface area contributed by atoms with E-state index in [1.54, 1.807) is 0 Å². The van der Waals surface area contributed by atoms with Gasteiger partial charge in [0.05, 0.1) is 6.54 Å². The summed E-state index contributed by atoms with van der Waals surface area (Å²) in [5.41, 5.74) is 5.33. The third-order valence-electron chi connectivity index (χ3n) is 3.44. The SMILES string of the molecule is CC(C)(N)CNC(=O)CNC(=O)CCC1CCCC1. The van der Waals surface area contributed by atoms with E-state index in [0.29, 0.717) is 18.9 Å². The number of amides is 2. The summed E-state index contributed by atoms with van der Waals surface area (Å²) >= 11 is 0. The lowest BCUT2D eigenvalue weighted by atomic mass is 10.0. The fourth-order valence-corrected chi connectivity index (χ4v) is 2.29. The first kappa shape index (κ1) is 16.0. The van der Waals surface area contributed by atoms with E-state index in [9.17, 15) is 9.59 Å². The third kappa shape index (κ3) is 7.82. The molecule has 110 valence electrons. The Morgan fingerprint density at radius 2 is 1.79 bits per heavy atom. The molecular formula is C14H27N3O2. The lowest BCUT2D eigenvalue weighted by molar-refractivity contribution is -0.126. The molecule has 5 nitrogen and oxygen atoms in total. The minimum Gasteiger partial charge on any atom is -0.353 e. The summed E-state index contributed by atoms with van der Waals surface area (Å²) in [5.74, 6) is 0.486. The molecule has 0 saturated heterocycles. The lowest BCUT2D eigenvalue weighted by Crippen LogP contribution is -2.47. The molecule has 2 amide bonds. The van der Waals surface area contributed by atoms with Crippen LogP contribution in [0.2, 0.25) is 0 Å². The predicted octanol–water partition coefficient (Wildman–Crippen LogP) is 0.926. The second kappa shape index (κ2) is 7.48. The van der Waals surface area contributed by atoms with E-state index >= 15 is 0 Å². The van der Waals surface area contributed by atoms with Crippen LogP contribution in [0.3, 0.4) is 0 Å². The first-order chi connectivity index (χ1) is 8.87. The van der Waals surface area contributed by atoms with E-state index in [0.717, 1.165) is 6.42 Å². The van der Waals surface area contributed by atoms with Crippen LogP contribution in [0.5, 0.6) is 0 Å². The molecule has 0 unspecified atom stereocenters. The molecule has 0 aromatic carbocycles. The highest BCUT2D eigenvalue weighted by molar-refractivity contribution is 5.84. The first-order valence-electron chi connectivity index (χ1n) is 7.19. The van der Waals surface area contributed by atoms with Crippen LogP contribution in [0.15, 0.2) is 0 Å². The Balaban J connectivity index is 2.07. The van der Waals surface area contributed by atoms with Crippen molar-refractivity contribution in [3.05, 3.63) is 0 Å². The average Bonchev–Trinajstić information content (AvgIpc) is 2.83. The Morgan fingerprint density at radius 3 is 2.37 bits per heavy atom. The van der Waals surface area contributed by atoms with Gasteiger partial charge in [0.25, 0.3) is 0 Å². The second-order valence-corrected chi connectivity index (χ2v) is 6.23. The summed E-state index contributed by atoms with van der Waals surface area (Å²) in [7, 11) is 0. The van der Waals surface area contributed by atoms with Crippen molar-refractivity contribution < 1.29 is 9.59 Å². The van der Waals surface area contributed by atoms with Gasteiger partial charge in [-0.1, -0.05) is 25.7 Å². The van der Waals surface area contributed by atoms with E-state index in [1.807, 2.05) is 13.8 Å². The van der Waals surface area contributed by atoms with Gasteiger partial charge in [-0.05, 0) is 26.2 Å². The van der Waals surface area contributed by atoms with Gasteiger partial charge in [-0.15, -0.1) is 0 Å². The minimum absolute atomic E-state index is 0.0333. The molecular weight excluding hydrogens is 242 g/mol. The average molecular weight is 269 g/mol. The van der Waals surface area contributed by atoms with E-state index in [4.69, 9.17) is 5.73 Å². The zero-order chi connectivity index (χ0) is 14.3. The van der Waals surface area contributed by atoms with Gasteiger partial charge >= 0.3 is 0 Å². The summed E-state index contributed by atoms with van der Waals surface area (Å²) in [4.78, 5) is 23.1. The molecule has 1 fully saturated rings. The van der Waals surface area contributed by atoms with Crippen LogP contribution in [0, 0.1) is 5.92 Å². The Bertz CT molecular complexity index is 304. The van der Waals surface area contributed by atoms with Gasteiger partial charge in [0.15, 0.2) is 0 Å². The fraction of sp³-hybridized carbons (Fsp3) is 0.857. The van der Waals surface area contributed by atoms with Crippen LogP contribution in [-0.2, 0) is 9.59 Å². The number of rotatable bonds is 7. The van der Waals surface area contributed by atoms with Crippen molar-refractivity contribution in [1.82, 2.24) is 10.6 Å². The van der Waals surface area contributed by atoms with Crippen LogP contribution < -0.4 is 16.4 Å². The van der Waals surface area contributed by atoms with Crippen molar-refractivity contribution in [2.24, 2.45) is 11.7 Å². The molecule has 0 aliphatic heterocycles. The number of carbonyl (C=O) groups is 2. The highest BCUT2D eigenvalue weighted by Crippen LogP contribution is 2.28. The zero-order valence-electron chi connectivity index (χ0n) is 12.1. The molecule has 1 aliphatic rings. The highest BCUT2D eigenvalue weighted by Gasteiger charge is 2.16. The van der Waals surface area contributed by atoms with Crippen molar-refractivity contribution in [1.29, 1.82) is 0 Å². The quantitative estimate of drug-likeness (QED) is 0.643. The molecule has 1 saturated carbocycles. The topological polar surface area (TPSA) is 84.2 Å². The fourth-order valence-electron chi connectivity index (χ4n) is 2.29. The summed E-state index contributed by atoms with van der Waals surface area (Å²) < 4.78 is 0. The molecule has 1 aliphatic carbocycles. The number of hydrogen-bond acceptors (Lipinski definition) is 3. The van der Waals surface area contributed by atoms with Crippen LogP contribution in [0.4, 0.5) is 0 Å². The molecule has 0 atom stereocenters. The zero-order valence-corrected chi connectivity index (χ0v) is 12.1. The van der Waals surface area contributed by atoms with E-state index in [2.05, 4.69) is 10.6 Å². The molecule has 1 rings (SSSR count). The molecule has 0 aromatic heterocycles. The van der Waals surface area contributed by atoms with Gasteiger partial charge in [0, 0.05) is 18.5 Å². The first-order valence-corrected chi connectivity index (χ1v) is 7.19. The Kier molecular flexibility index (Phi) is 6.28. The smallest absolute Gasteiger partial charge is 0.239 e. The third-order valence-corrected chi connectivity index (χ3v) is 3.44. The molecule has 5 heteroatoms. The van der Waals surface area contributed by atoms with Crippen molar-refractivity contribution in [3.63, 3.8) is 0 Å². The molecule has 0 bridgehead atoms. The second-order valence-electron chi connectivity index (χ2n) is 6.23. The molecule has 4 N–H and O–H groups in total. The van der Waals surface area contributed by atoms with Gasteiger partial charge in [0.1, 0.15) is 0 Å². The maximum absolute atomic E-state index is 11.6. The molecule has 0 aromatic rings. The normalized spacial score (nSPS) is 16.4. The minimum atomic E-state index is -0.428. The maximum Gasteiger partial charge on any atom is 0.239 e. The van der Waals surface area contributed by atoms with E-state index < -0.39 is 5.54 Å². The Labute approximate surface area is 115 Å². The summed E-state index contributed by atoms with van der Waals surface area (Å²) in [5, 5.41) is 5.35. The summed E-state index contributed by atoms with van der Waals surface area (Å²) in [6.07, 6.45) is 6.56. The van der Waals surface area contributed by atoms with Crippen molar-refractivity contribution in [2.75, 3.05) is 13.1 Å². The monoisotopic (exact) mass is 269 g/mol. The Morgan fingerprint density at radius 1 is 1.16 bits per heavy atom. The van der Waals surface area contributed by atoms with Crippen LogP contribution >= 0.6 is 0 Å². The Hall–Kier alpha value is -1.10. The standard InChI is InChI=1S/C14H27N3O2/c1-14(2,15)10-17-13(19)9-16-12(18)8-7-11-5-3-4-6-11/h11H,3-10,15H2,1-2H3,(H,16,18)(H,17,19). The lowest BCUT2D eigenvalue weighted by Gasteiger charge is -2.19. The van der Waals surface area contributed by atoms with Crippen LogP contribution in [0.25, 0.3) is 0 Å². The number of nitrogens with one attached hydrogen (secondary N) is 2. The van der Waals surface area contributed by atoms with Gasteiger partial charge in [0.2, 0.25) is 11.8 Å². The predicted molar refractivity (Wildman–Crippen MR) is 75.5 cm³/mol. The van der Waals surface area contributed by atoms with Crippen molar-refractivity contribution in [2.45, 2.75) is 57.9 Å². The van der Waals surface area contributed by atoms with E-state index in [1.165, 1.54) is 25.7 Å². The number of nitrogens with two attached hydrogens (primary N) is 1. The van der Waals surface area contributed by atoms with Crippen molar-refractivity contribution >= 4 is 11.8 Å². The van der Waals surface area contributed by atoms with Gasteiger partial charge in [-0.3, -0.25) is 9.59 Å². The van der Waals surface area contributed by atoms with Gasteiger partial charge in [-0.25, -0.2) is 0 Å². The van der Waals surface area contributed by atoms with Gasteiger partial charge < -0.3 is 16.4 Å². The van der Waals surface area contributed by atoms with Crippen molar-refractivity contribution in [3.8, 4) is 0 Å². The summed E-state index contributed by atoms with van der Waals surface area (Å²) in [6, 6.07) is 0. The molecule has 0 spiro atoms. The molecule has 0 radical (unpaired) electrons. The number of hydrogen-bond donors (Lipinski definition) is 3. The molecule has 19 heavy (non-hydrogen) atoms. The van der Waals surface area contributed by atoms with Crippen LogP contribution in [0.1, 0.15) is 52.4 Å². The largest absolute Gasteiger partial charge is 0.353 e. The van der Waals surface area contributed by atoms with E-state index in [-0.39, 0.29) is 18.4 Å². The highest BCUT2D eigenvalue weighted by atomic mass is 16.2. The summed E-state index contributed by atoms with van der Waals surface area (Å²) in [6.45, 7) is 4.13. The van der Waals surface area contributed by atoms with Gasteiger partial charge in [-0.2, -0.15) is 0 Å². The maximum atomic E-state index is 11.6. The number of carbonyl (C=O) groups excluding carboxylic acids is 2. The van der Waals surface area contributed by atoms with Crippen LogP contribution in [-0.4, -0.2) is 30.4 Å². The molecule has 0 heterocycles.